The molecular weight excluding hydrogens is 702 g/mol. The highest BCUT2D eigenvalue weighted by Gasteiger charge is 2.76. The lowest BCUT2D eigenvalue weighted by atomic mass is 9.62. The molecule has 3 N–H and O–H groups in total. The van der Waals surface area contributed by atoms with E-state index in [1.165, 1.54) is 11.1 Å². The van der Waals surface area contributed by atoms with Gasteiger partial charge in [-0.1, -0.05) is 62.4 Å². The molecule has 2 aromatic carbocycles. The molecule has 2 aliphatic carbocycles. The Bertz CT molecular complexity index is 1850. The Labute approximate surface area is 311 Å². The molecule has 15 heteroatoms. The number of rotatable bonds is 11. The number of amides is 2. The van der Waals surface area contributed by atoms with Crippen molar-refractivity contribution in [3.8, 4) is 0 Å². The Balaban J connectivity index is 1.01. The molecule has 1 saturated carbocycles. The molecule has 4 aliphatic heterocycles. The lowest BCUT2D eigenvalue weighted by Gasteiger charge is -2.48. The van der Waals surface area contributed by atoms with Gasteiger partial charge in [-0.25, -0.2) is 9.59 Å². The van der Waals surface area contributed by atoms with Crippen LogP contribution in [0.2, 0.25) is 0 Å². The van der Waals surface area contributed by atoms with Crippen molar-refractivity contribution in [1.82, 2.24) is 15.7 Å². The summed E-state index contributed by atoms with van der Waals surface area (Å²) in [6, 6.07) is 14.1. The Hall–Kier alpha value is -4.67. The van der Waals surface area contributed by atoms with E-state index in [9.17, 15) is 24.0 Å². The minimum absolute atomic E-state index is 0.00667. The van der Waals surface area contributed by atoms with Crippen LogP contribution >= 0.6 is 0 Å². The Kier molecular flexibility index (Phi) is 9.33. The van der Waals surface area contributed by atoms with Gasteiger partial charge in [-0.2, -0.15) is 5.06 Å². The van der Waals surface area contributed by atoms with Gasteiger partial charge in [0.15, 0.2) is 11.8 Å². The number of hydrogen-bond donors (Lipinski definition) is 3. The normalized spacial score (nSPS) is 31.2. The summed E-state index contributed by atoms with van der Waals surface area (Å²) in [6.45, 7) is 3.76. The van der Waals surface area contributed by atoms with Crippen LogP contribution in [-0.2, 0) is 71.9 Å². The molecule has 1 spiro atoms. The van der Waals surface area contributed by atoms with Crippen molar-refractivity contribution in [3.63, 3.8) is 0 Å². The maximum absolute atomic E-state index is 14.4. The highest BCUT2D eigenvalue weighted by atomic mass is 16.8. The second kappa shape index (κ2) is 13.9. The van der Waals surface area contributed by atoms with E-state index in [0.29, 0.717) is 18.4 Å². The molecule has 15 nitrogen and oxygen atoms in total. The first-order valence-electron chi connectivity index (χ1n) is 18.3. The van der Waals surface area contributed by atoms with E-state index in [4.69, 9.17) is 33.6 Å². The number of nitrogens with one attached hydrogen (secondary N) is 2. The van der Waals surface area contributed by atoms with Crippen LogP contribution in [-0.4, -0.2) is 109 Å². The number of esters is 3. The van der Waals surface area contributed by atoms with Crippen molar-refractivity contribution in [1.29, 1.82) is 0 Å². The van der Waals surface area contributed by atoms with Gasteiger partial charge in [0.2, 0.25) is 17.9 Å². The zero-order valence-corrected chi connectivity index (χ0v) is 30.0. The van der Waals surface area contributed by atoms with Crippen molar-refractivity contribution in [2.24, 2.45) is 10.8 Å². The molecule has 7 atom stereocenters. The fraction of sp³-hybridized carbons (Fsp3) is 0.513. The van der Waals surface area contributed by atoms with Crippen molar-refractivity contribution in [2.75, 3.05) is 26.3 Å². The third-order valence-electron chi connectivity index (χ3n) is 11.3. The maximum Gasteiger partial charge on any atom is 0.348 e. The highest BCUT2D eigenvalue weighted by molar-refractivity contribution is 5.94. The van der Waals surface area contributed by atoms with E-state index in [2.05, 4.69) is 10.6 Å². The minimum atomic E-state index is -1.41. The second-order valence-corrected chi connectivity index (χ2v) is 15.5. The van der Waals surface area contributed by atoms with Crippen LogP contribution in [0.25, 0.3) is 6.08 Å². The van der Waals surface area contributed by atoms with E-state index < -0.39 is 77.0 Å². The standard InChI is InChI=1S/C39H43N3O12/c1-37(2)21-49-35(47)33(37)51-28(45)12-11-22-7-9-23(10-8-22)20-42-31-34(46)50-26-19-39(31,36(48)41-14-13-27(44)40-15-16-43)32(54-42)30-29(26)52-38(53-30)17-24-5-3-4-6-25(24)18-38/h3-12,26,29-33,43H,13-21H2,1-2H3,(H,40,44)(H,41,48). The van der Waals surface area contributed by atoms with Crippen LogP contribution < -0.4 is 10.6 Å². The average Bonchev–Trinajstić information content (AvgIpc) is 3.88. The van der Waals surface area contributed by atoms with Crippen LogP contribution in [0.3, 0.4) is 0 Å². The fourth-order valence-electron chi connectivity index (χ4n) is 8.67. The number of cyclic esters (lactones) is 1. The second-order valence-electron chi connectivity index (χ2n) is 15.5. The predicted octanol–water partition coefficient (Wildman–Crippen LogP) is 0.888. The van der Waals surface area contributed by atoms with Gasteiger partial charge in [0.05, 0.1) is 13.2 Å². The zero-order valence-electron chi connectivity index (χ0n) is 30.0. The van der Waals surface area contributed by atoms with Crippen LogP contribution in [0.1, 0.15) is 48.9 Å². The number of hydrogen-bond acceptors (Lipinski definition) is 13. The molecular formula is C39H43N3O12. The number of benzene rings is 2. The SMILES string of the molecule is CC1(C)COC(=O)C1OC(=O)C=Cc1ccc(CN2OC3C4OC5(Cc6ccccc6C5)OC4C4CC3(C(=O)NCCC(=O)NCCO)C2C(=O)O4)cc1. The van der Waals surface area contributed by atoms with E-state index in [0.717, 1.165) is 16.7 Å². The number of aliphatic hydroxyl groups excluding tert-OH is 1. The molecule has 0 aromatic heterocycles. The number of hydroxylamine groups is 2. The van der Waals surface area contributed by atoms with Crippen molar-refractivity contribution in [2.45, 2.75) is 88.4 Å². The van der Waals surface area contributed by atoms with E-state index in [-0.39, 0.29) is 51.6 Å². The Morgan fingerprint density at radius 3 is 2.37 bits per heavy atom. The van der Waals surface area contributed by atoms with Gasteiger partial charge in [0.1, 0.15) is 36.4 Å². The Morgan fingerprint density at radius 1 is 0.963 bits per heavy atom. The first-order chi connectivity index (χ1) is 25.9. The summed E-state index contributed by atoms with van der Waals surface area (Å²) in [5, 5.41) is 16.0. The molecule has 7 unspecified atom stereocenters. The van der Waals surface area contributed by atoms with Crippen molar-refractivity contribution in [3.05, 3.63) is 76.9 Å². The van der Waals surface area contributed by atoms with Gasteiger partial charge >= 0.3 is 17.9 Å². The summed E-state index contributed by atoms with van der Waals surface area (Å²) in [6.07, 6.45) is -0.121. The average molecular weight is 746 g/mol. The molecule has 2 bridgehead atoms. The minimum Gasteiger partial charge on any atom is -0.462 e. The summed E-state index contributed by atoms with van der Waals surface area (Å²) in [5.41, 5.74) is 1.60. The number of carbonyl (C=O) groups is 5. The summed E-state index contributed by atoms with van der Waals surface area (Å²) in [7, 11) is 0. The van der Waals surface area contributed by atoms with E-state index in [1.807, 2.05) is 36.4 Å². The molecule has 5 fully saturated rings. The first-order valence-corrected chi connectivity index (χ1v) is 18.3. The molecule has 2 amide bonds. The zero-order chi connectivity index (χ0) is 37.8. The number of nitrogens with zero attached hydrogens (tertiary/aromatic N) is 1. The maximum atomic E-state index is 14.4. The third kappa shape index (κ3) is 6.37. The first kappa shape index (κ1) is 36.3. The Morgan fingerprint density at radius 2 is 1.69 bits per heavy atom. The lowest BCUT2D eigenvalue weighted by Crippen LogP contribution is -2.69. The van der Waals surface area contributed by atoms with Gasteiger partial charge < -0.3 is 39.4 Å². The van der Waals surface area contributed by atoms with Crippen LogP contribution in [0, 0.1) is 10.8 Å². The number of aliphatic hydroxyl groups is 1. The number of fused-ring (bicyclic) bond motifs is 5. The van der Waals surface area contributed by atoms with Gasteiger partial charge in [-0.15, -0.1) is 0 Å². The largest absolute Gasteiger partial charge is 0.462 e. The molecule has 2 aromatic rings. The highest BCUT2D eigenvalue weighted by Crippen LogP contribution is 2.58. The molecule has 4 saturated heterocycles. The molecule has 286 valence electrons. The molecule has 0 radical (unpaired) electrons. The lowest BCUT2D eigenvalue weighted by molar-refractivity contribution is -0.217. The van der Waals surface area contributed by atoms with Crippen LogP contribution in [0.5, 0.6) is 0 Å². The molecule has 6 aliphatic rings. The van der Waals surface area contributed by atoms with Gasteiger partial charge in [0, 0.05) is 50.3 Å². The summed E-state index contributed by atoms with van der Waals surface area (Å²) < 4.78 is 29.9. The van der Waals surface area contributed by atoms with Gasteiger partial charge in [-0.05, 0) is 28.3 Å². The quantitative estimate of drug-likeness (QED) is 0.167. The summed E-state index contributed by atoms with van der Waals surface area (Å²) in [4.78, 5) is 71.7. The number of carbonyl (C=O) groups excluding carboxylic acids is 5. The monoisotopic (exact) mass is 745 g/mol. The van der Waals surface area contributed by atoms with Crippen LogP contribution in [0.4, 0.5) is 0 Å². The summed E-state index contributed by atoms with van der Waals surface area (Å²) in [5.74, 6) is -3.64. The van der Waals surface area contributed by atoms with Crippen molar-refractivity contribution >= 4 is 35.8 Å². The number of ether oxygens (including phenoxy) is 5. The predicted molar refractivity (Wildman–Crippen MR) is 185 cm³/mol. The van der Waals surface area contributed by atoms with Gasteiger partial charge in [-0.3, -0.25) is 19.2 Å². The van der Waals surface area contributed by atoms with E-state index in [1.54, 1.807) is 32.1 Å². The summed E-state index contributed by atoms with van der Waals surface area (Å²) >= 11 is 0. The van der Waals surface area contributed by atoms with E-state index >= 15 is 0 Å². The third-order valence-corrected chi connectivity index (χ3v) is 11.3. The van der Waals surface area contributed by atoms with Crippen LogP contribution in [0.15, 0.2) is 54.6 Å². The van der Waals surface area contributed by atoms with Crippen molar-refractivity contribution < 1.29 is 57.6 Å². The molecule has 8 rings (SSSR count). The smallest absolute Gasteiger partial charge is 0.348 e. The molecule has 4 heterocycles. The fourth-order valence-corrected chi connectivity index (χ4v) is 8.67. The molecule has 54 heavy (non-hydrogen) atoms. The topological polar surface area (TPSA) is 188 Å². The van der Waals surface area contributed by atoms with Gasteiger partial charge in [0.25, 0.3) is 0 Å².